The van der Waals surface area contributed by atoms with Gasteiger partial charge in [-0.1, -0.05) is 13.8 Å². The number of halogens is 3. The number of pyridine rings is 1. The fourth-order valence-corrected chi connectivity index (χ4v) is 2.02. The summed E-state index contributed by atoms with van der Waals surface area (Å²) in [5.74, 6) is 0.390. The fourth-order valence-electron chi connectivity index (χ4n) is 2.02. The topological polar surface area (TPSA) is 24.9 Å². The molecule has 1 heterocycles. The molecule has 0 aromatic carbocycles. The van der Waals surface area contributed by atoms with Crippen molar-refractivity contribution in [3.05, 3.63) is 29.6 Å². The van der Waals surface area contributed by atoms with Crippen molar-refractivity contribution in [2.24, 2.45) is 5.92 Å². The van der Waals surface area contributed by atoms with Gasteiger partial charge in [0.1, 0.15) is 0 Å². The molecule has 0 saturated heterocycles. The number of hydrogen-bond acceptors (Lipinski definition) is 2. The Balaban J connectivity index is 2.79. The summed E-state index contributed by atoms with van der Waals surface area (Å²) < 4.78 is 38.3. The highest BCUT2D eigenvalue weighted by molar-refractivity contribution is 5.26. The van der Waals surface area contributed by atoms with Crippen LogP contribution in [0.25, 0.3) is 0 Å². The molecule has 0 spiro atoms. The molecule has 5 heteroatoms. The predicted octanol–water partition coefficient (Wildman–Crippen LogP) is 3.28. The summed E-state index contributed by atoms with van der Waals surface area (Å²) in [7, 11) is 1.83. The van der Waals surface area contributed by atoms with Crippen LogP contribution in [0.4, 0.5) is 13.2 Å². The number of alkyl halides is 3. The van der Waals surface area contributed by atoms with Crippen molar-refractivity contribution in [3.8, 4) is 0 Å². The second-order valence-corrected chi connectivity index (χ2v) is 4.71. The molecule has 1 atom stereocenters. The Morgan fingerprint density at radius 2 is 2.00 bits per heavy atom. The summed E-state index contributed by atoms with van der Waals surface area (Å²) in [6, 6.07) is 1.25. The first-order chi connectivity index (χ1) is 8.36. The number of rotatable bonds is 5. The van der Waals surface area contributed by atoms with Crippen molar-refractivity contribution in [2.75, 3.05) is 7.05 Å². The highest BCUT2D eigenvalue weighted by Gasteiger charge is 2.33. The van der Waals surface area contributed by atoms with Crippen LogP contribution >= 0.6 is 0 Å². The van der Waals surface area contributed by atoms with Crippen LogP contribution in [0.2, 0.25) is 0 Å². The number of nitrogens with zero attached hydrogens (tertiary/aromatic N) is 1. The molecule has 1 unspecified atom stereocenters. The summed E-state index contributed by atoms with van der Waals surface area (Å²) in [4.78, 5) is 3.79. The van der Waals surface area contributed by atoms with E-state index in [0.29, 0.717) is 18.8 Å². The monoisotopic (exact) mass is 260 g/mol. The minimum atomic E-state index is -4.30. The second kappa shape index (κ2) is 6.18. The SMILES string of the molecule is CNC(CCc1cnccc1C(F)(F)F)C(C)C. The molecule has 0 fully saturated rings. The number of aromatic nitrogens is 1. The highest BCUT2D eigenvalue weighted by Crippen LogP contribution is 2.32. The van der Waals surface area contributed by atoms with E-state index in [2.05, 4.69) is 24.1 Å². The van der Waals surface area contributed by atoms with Crippen LogP contribution in [0.15, 0.2) is 18.5 Å². The third-order valence-corrected chi connectivity index (χ3v) is 3.11. The lowest BCUT2D eigenvalue weighted by Gasteiger charge is -2.21. The number of hydrogen-bond donors (Lipinski definition) is 1. The van der Waals surface area contributed by atoms with Gasteiger partial charge in [-0.3, -0.25) is 4.98 Å². The first kappa shape index (κ1) is 15.0. The third kappa shape index (κ3) is 3.98. The van der Waals surface area contributed by atoms with E-state index < -0.39 is 11.7 Å². The molecule has 1 aromatic rings. The average Bonchev–Trinajstić information content (AvgIpc) is 2.28. The van der Waals surface area contributed by atoms with Gasteiger partial charge in [0.2, 0.25) is 0 Å². The lowest BCUT2D eigenvalue weighted by atomic mass is 9.95. The summed E-state index contributed by atoms with van der Waals surface area (Å²) in [6.45, 7) is 4.10. The Labute approximate surface area is 106 Å². The molecule has 1 rings (SSSR count). The number of nitrogens with one attached hydrogen (secondary N) is 1. The maximum Gasteiger partial charge on any atom is 0.416 e. The zero-order valence-electron chi connectivity index (χ0n) is 10.9. The fraction of sp³-hybridized carbons (Fsp3) is 0.615. The van der Waals surface area contributed by atoms with Gasteiger partial charge in [-0.15, -0.1) is 0 Å². The second-order valence-electron chi connectivity index (χ2n) is 4.71. The van der Waals surface area contributed by atoms with E-state index in [1.807, 2.05) is 7.05 Å². The van der Waals surface area contributed by atoms with E-state index >= 15 is 0 Å². The third-order valence-electron chi connectivity index (χ3n) is 3.11. The minimum Gasteiger partial charge on any atom is -0.317 e. The predicted molar refractivity (Wildman–Crippen MR) is 65.2 cm³/mol. The number of aryl methyl sites for hydroxylation is 1. The van der Waals surface area contributed by atoms with Crippen LogP contribution in [0.3, 0.4) is 0 Å². The Kier molecular flexibility index (Phi) is 5.14. The van der Waals surface area contributed by atoms with E-state index in [-0.39, 0.29) is 11.6 Å². The van der Waals surface area contributed by atoms with Crippen molar-refractivity contribution in [2.45, 2.75) is 38.9 Å². The maximum absolute atomic E-state index is 12.8. The average molecular weight is 260 g/mol. The van der Waals surface area contributed by atoms with Crippen molar-refractivity contribution in [1.29, 1.82) is 0 Å². The van der Waals surface area contributed by atoms with Gasteiger partial charge in [0, 0.05) is 18.4 Å². The largest absolute Gasteiger partial charge is 0.416 e. The van der Waals surface area contributed by atoms with Gasteiger partial charge in [0.25, 0.3) is 0 Å². The molecule has 0 saturated carbocycles. The minimum absolute atomic E-state index is 0.214. The summed E-state index contributed by atoms with van der Waals surface area (Å²) in [5.41, 5.74) is -0.304. The standard InChI is InChI=1S/C13H19F3N2/c1-9(2)12(17-3)5-4-10-8-18-7-6-11(10)13(14,15)16/h6-9,12,17H,4-5H2,1-3H3. The van der Waals surface area contributed by atoms with Crippen LogP contribution in [0.1, 0.15) is 31.4 Å². The van der Waals surface area contributed by atoms with Gasteiger partial charge in [-0.25, -0.2) is 0 Å². The van der Waals surface area contributed by atoms with Crippen molar-refractivity contribution in [3.63, 3.8) is 0 Å². The van der Waals surface area contributed by atoms with E-state index in [9.17, 15) is 13.2 Å². The van der Waals surface area contributed by atoms with Gasteiger partial charge >= 0.3 is 6.18 Å². The van der Waals surface area contributed by atoms with Crippen molar-refractivity contribution < 1.29 is 13.2 Å². The molecular formula is C13H19F3N2. The van der Waals surface area contributed by atoms with Gasteiger partial charge in [0.05, 0.1) is 5.56 Å². The lowest BCUT2D eigenvalue weighted by molar-refractivity contribution is -0.138. The first-order valence-electron chi connectivity index (χ1n) is 6.03. The lowest BCUT2D eigenvalue weighted by Crippen LogP contribution is -2.31. The molecule has 2 nitrogen and oxygen atoms in total. The summed E-state index contributed by atoms with van der Waals surface area (Å²) >= 11 is 0. The van der Waals surface area contributed by atoms with E-state index in [0.717, 1.165) is 6.07 Å². The van der Waals surface area contributed by atoms with E-state index in [1.54, 1.807) is 0 Å². The van der Waals surface area contributed by atoms with Crippen LogP contribution in [0, 0.1) is 5.92 Å². The molecule has 0 bridgehead atoms. The Hall–Kier alpha value is -1.10. The summed E-state index contributed by atoms with van der Waals surface area (Å²) in [5, 5.41) is 3.13. The van der Waals surface area contributed by atoms with Gasteiger partial charge in [-0.2, -0.15) is 13.2 Å². The molecule has 102 valence electrons. The molecular weight excluding hydrogens is 241 g/mol. The normalized spacial score (nSPS) is 13.9. The molecule has 18 heavy (non-hydrogen) atoms. The molecule has 0 radical (unpaired) electrons. The Bertz CT molecular complexity index is 375. The van der Waals surface area contributed by atoms with Crippen LogP contribution in [-0.2, 0) is 12.6 Å². The smallest absolute Gasteiger partial charge is 0.317 e. The van der Waals surface area contributed by atoms with Gasteiger partial charge < -0.3 is 5.32 Å². The molecule has 1 N–H and O–H groups in total. The highest BCUT2D eigenvalue weighted by atomic mass is 19.4. The van der Waals surface area contributed by atoms with Gasteiger partial charge in [0.15, 0.2) is 0 Å². The Morgan fingerprint density at radius 1 is 1.33 bits per heavy atom. The molecule has 1 aromatic heterocycles. The summed E-state index contributed by atoms with van der Waals surface area (Å²) in [6.07, 6.45) is -0.749. The van der Waals surface area contributed by atoms with Crippen molar-refractivity contribution in [1.82, 2.24) is 10.3 Å². The van der Waals surface area contributed by atoms with Crippen molar-refractivity contribution >= 4 is 0 Å². The molecule has 0 aliphatic rings. The first-order valence-corrected chi connectivity index (χ1v) is 6.03. The van der Waals surface area contributed by atoms with Crippen LogP contribution in [0.5, 0.6) is 0 Å². The quantitative estimate of drug-likeness (QED) is 0.878. The van der Waals surface area contributed by atoms with Crippen LogP contribution < -0.4 is 5.32 Å². The zero-order valence-corrected chi connectivity index (χ0v) is 10.9. The zero-order chi connectivity index (χ0) is 13.8. The van der Waals surface area contributed by atoms with E-state index in [1.165, 1.54) is 12.4 Å². The van der Waals surface area contributed by atoms with Crippen LogP contribution in [-0.4, -0.2) is 18.1 Å². The maximum atomic E-state index is 12.8. The molecule has 0 amide bonds. The molecule has 0 aliphatic carbocycles. The Morgan fingerprint density at radius 3 is 2.50 bits per heavy atom. The molecule has 0 aliphatic heterocycles. The van der Waals surface area contributed by atoms with E-state index in [4.69, 9.17) is 0 Å². The van der Waals surface area contributed by atoms with Gasteiger partial charge in [-0.05, 0) is 37.4 Å².